The van der Waals surface area contributed by atoms with Crippen LogP contribution >= 0.6 is 0 Å². The third kappa shape index (κ3) is 5.60. The second-order valence-electron chi connectivity index (χ2n) is 6.52. The first kappa shape index (κ1) is 24.3. The number of hydrogen-bond donors (Lipinski definition) is 0. The van der Waals surface area contributed by atoms with Gasteiger partial charge in [0.05, 0.1) is 29.6 Å². The van der Waals surface area contributed by atoms with Gasteiger partial charge < -0.3 is 9.64 Å². The maximum atomic E-state index is 14.6. The number of rotatable bonds is 10. The van der Waals surface area contributed by atoms with Gasteiger partial charge in [0.1, 0.15) is 11.6 Å². The highest BCUT2D eigenvalue weighted by Crippen LogP contribution is 2.25. The van der Waals surface area contributed by atoms with Gasteiger partial charge in [0.25, 0.3) is 5.91 Å². The second kappa shape index (κ2) is 10.9. The normalized spacial score (nSPS) is 11.2. The Labute approximate surface area is 182 Å². The number of hydrogen-bond acceptors (Lipinski definition) is 5. The molecule has 0 radical (unpaired) electrons. The molecule has 0 aromatic heterocycles. The van der Waals surface area contributed by atoms with Gasteiger partial charge in [-0.05, 0) is 49.4 Å². The van der Waals surface area contributed by atoms with Crippen LogP contribution < -0.4 is 9.64 Å². The van der Waals surface area contributed by atoms with Crippen molar-refractivity contribution in [3.05, 3.63) is 53.8 Å². The predicted octanol–water partition coefficient (Wildman–Crippen LogP) is 3.82. The molecule has 0 fully saturated rings. The molecule has 0 unspecified atom stereocenters. The van der Waals surface area contributed by atoms with Crippen molar-refractivity contribution in [3.8, 4) is 11.8 Å². The van der Waals surface area contributed by atoms with Crippen molar-refractivity contribution in [1.82, 2.24) is 4.31 Å². The molecule has 0 saturated heterocycles. The maximum Gasteiger partial charge on any atom is 0.261 e. The average molecular weight is 448 g/mol. The minimum Gasteiger partial charge on any atom is -0.494 e. The van der Waals surface area contributed by atoms with Crippen LogP contribution in [0.15, 0.2) is 47.4 Å². The Morgan fingerprint density at radius 3 is 2.29 bits per heavy atom. The number of carbonyl (C=O) groups is 1. The lowest BCUT2D eigenvalue weighted by molar-refractivity contribution is 0.0983. The maximum absolute atomic E-state index is 14.6. The molecule has 0 atom stereocenters. The molecule has 2 aromatic rings. The lowest BCUT2D eigenvalue weighted by Gasteiger charge is -2.23. The summed E-state index contributed by atoms with van der Waals surface area (Å²) in [5.41, 5.74) is 0.0696. The monoisotopic (exact) mass is 447 g/mol. The number of sulfonamides is 1. The number of ether oxygens (including phenoxy) is 1. The van der Waals surface area contributed by atoms with Crippen LogP contribution in [-0.2, 0) is 10.0 Å². The van der Waals surface area contributed by atoms with E-state index in [4.69, 9.17) is 10.00 Å². The fraction of sp³-hybridized carbons (Fsp3) is 0.364. The summed E-state index contributed by atoms with van der Waals surface area (Å²) in [6.07, 6.45) is 0.0258. The molecule has 0 heterocycles. The van der Waals surface area contributed by atoms with Crippen LogP contribution in [0.25, 0.3) is 0 Å². The van der Waals surface area contributed by atoms with Crippen LogP contribution in [0.1, 0.15) is 37.6 Å². The molecule has 1 amide bonds. The molecule has 166 valence electrons. The molecule has 0 aliphatic heterocycles. The summed E-state index contributed by atoms with van der Waals surface area (Å²) >= 11 is 0. The highest BCUT2D eigenvalue weighted by Gasteiger charge is 2.26. The van der Waals surface area contributed by atoms with Crippen LogP contribution in [0.3, 0.4) is 0 Å². The van der Waals surface area contributed by atoms with Crippen LogP contribution in [0.5, 0.6) is 5.75 Å². The molecule has 2 aromatic carbocycles. The SMILES string of the molecule is CCOc1ccc(N(CCC#N)C(=O)c2cc(S(=O)(=O)N(CC)CC)ccc2F)cc1. The van der Waals surface area contributed by atoms with Crippen molar-refractivity contribution in [3.63, 3.8) is 0 Å². The molecule has 9 heteroatoms. The summed E-state index contributed by atoms with van der Waals surface area (Å²) < 4.78 is 46.8. The van der Waals surface area contributed by atoms with E-state index < -0.39 is 21.7 Å². The molecule has 31 heavy (non-hydrogen) atoms. The lowest BCUT2D eigenvalue weighted by Crippen LogP contribution is -2.33. The first-order valence-corrected chi connectivity index (χ1v) is 11.4. The van der Waals surface area contributed by atoms with Crippen LogP contribution in [0.4, 0.5) is 10.1 Å². The van der Waals surface area contributed by atoms with Gasteiger partial charge in [-0.3, -0.25) is 4.79 Å². The second-order valence-corrected chi connectivity index (χ2v) is 8.46. The van der Waals surface area contributed by atoms with Gasteiger partial charge in [0, 0.05) is 25.3 Å². The summed E-state index contributed by atoms with van der Waals surface area (Å²) in [5.74, 6) is -0.956. The van der Waals surface area contributed by atoms with E-state index in [1.165, 1.54) is 9.21 Å². The van der Waals surface area contributed by atoms with E-state index in [1.54, 1.807) is 38.1 Å². The number of nitrogens with zero attached hydrogens (tertiary/aromatic N) is 3. The molecule has 2 rings (SSSR count). The molecular weight excluding hydrogens is 421 g/mol. The summed E-state index contributed by atoms with van der Waals surface area (Å²) in [6.45, 7) is 6.25. The molecule has 0 aliphatic carbocycles. The number of nitriles is 1. The fourth-order valence-electron chi connectivity index (χ4n) is 3.09. The van der Waals surface area contributed by atoms with Crippen molar-refractivity contribution in [2.75, 3.05) is 31.1 Å². The van der Waals surface area contributed by atoms with E-state index >= 15 is 0 Å². The van der Waals surface area contributed by atoms with Crippen molar-refractivity contribution in [2.45, 2.75) is 32.1 Å². The lowest BCUT2D eigenvalue weighted by atomic mass is 10.1. The van der Waals surface area contributed by atoms with E-state index in [9.17, 15) is 17.6 Å². The van der Waals surface area contributed by atoms with Crippen LogP contribution in [0, 0.1) is 17.1 Å². The zero-order valence-electron chi connectivity index (χ0n) is 17.8. The molecule has 0 aliphatic rings. The predicted molar refractivity (Wildman–Crippen MR) is 116 cm³/mol. The number of amides is 1. The smallest absolute Gasteiger partial charge is 0.261 e. The fourth-order valence-corrected chi connectivity index (χ4v) is 4.57. The topological polar surface area (TPSA) is 90.7 Å². The third-order valence-corrected chi connectivity index (χ3v) is 6.71. The first-order valence-electron chi connectivity index (χ1n) is 10.0. The van der Waals surface area contributed by atoms with Gasteiger partial charge >= 0.3 is 0 Å². The number of halogens is 1. The van der Waals surface area contributed by atoms with Gasteiger partial charge in [-0.15, -0.1) is 0 Å². The van der Waals surface area contributed by atoms with Gasteiger partial charge in [0.15, 0.2) is 0 Å². The van der Waals surface area contributed by atoms with Gasteiger partial charge in [-0.1, -0.05) is 13.8 Å². The number of anilines is 1. The van der Waals surface area contributed by atoms with E-state index in [2.05, 4.69) is 0 Å². The molecule has 0 spiro atoms. The largest absolute Gasteiger partial charge is 0.494 e. The Balaban J connectivity index is 2.48. The average Bonchev–Trinajstić information content (AvgIpc) is 2.76. The quantitative estimate of drug-likeness (QED) is 0.552. The van der Waals surface area contributed by atoms with E-state index in [0.29, 0.717) is 18.0 Å². The van der Waals surface area contributed by atoms with Crippen LogP contribution in [0.2, 0.25) is 0 Å². The first-order chi connectivity index (χ1) is 14.8. The van der Waals surface area contributed by atoms with Gasteiger partial charge in [-0.2, -0.15) is 9.57 Å². The van der Waals surface area contributed by atoms with Crippen molar-refractivity contribution in [2.24, 2.45) is 0 Å². The van der Waals surface area contributed by atoms with Crippen molar-refractivity contribution >= 4 is 21.6 Å². The summed E-state index contributed by atoms with van der Waals surface area (Å²) in [7, 11) is -3.87. The highest BCUT2D eigenvalue weighted by molar-refractivity contribution is 7.89. The summed E-state index contributed by atoms with van der Waals surface area (Å²) in [5, 5.41) is 8.98. The highest BCUT2D eigenvalue weighted by atomic mass is 32.2. The van der Waals surface area contributed by atoms with Crippen molar-refractivity contribution in [1.29, 1.82) is 5.26 Å². The molecule has 0 bridgehead atoms. The van der Waals surface area contributed by atoms with E-state index in [1.807, 2.05) is 13.0 Å². The zero-order valence-corrected chi connectivity index (χ0v) is 18.7. The Morgan fingerprint density at radius 2 is 1.74 bits per heavy atom. The number of benzene rings is 2. The Morgan fingerprint density at radius 1 is 1.10 bits per heavy atom. The van der Waals surface area contributed by atoms with E-state index in [-0.39, 0.29) is 36.5 Å². The third-order valence-electron chi connectivity index (χ3n) is 4.66. The van der Waals surface area contributed by atoms with Gasteiger partial charge in [0.2, 0.25) is 10.0 Å². The van der Waals surface area contributed by atoms with E-state index in [0.717, 1.165) is 18.2 Å². The van der Waals surface area contributed by atoms with Crippen molar-refractivity contribution < 1.29 is 22.3 Å². The Kier molecular flexibility index (Phi) is 8.54. The molecule has 0 saturated carbocycles. The minimum atomic E-state index is -3.87. The zero-order chi connectivity index (χ0) is 23.0. The number of carbonyl (C=O) groups excluding carboxylic acids is 1. The molecule has 7 nitrogen and oxygen atoms in total. The molecule has 0 N–H and O–H groups in total. The summed E-state index contributed by atoms with van der Waals surface area (Å²) in [4.78, 5) is 14.3. The Hall–Kier alpha value is -2.96. The standard InChI is InChI=1S/C22H26FN3O4S/c1-4-25(5-2)31(28,29)19-12-13-21(23)20(16-19)22(27)26(15-7-14-24)17-8-10-18(11-9-17)30-6-3/h8-13,16H,4-7,15H2,1-3H3. The minimum absolute atomic E-state index is 0.0236. The van der Waals surface area contributed by atoms with Crippen LogP contribution in [-0.4, -0.2) is 44.9 Å². The van der Waals surface area contributed by atoms with Gasteiger partial charge in [-0.25, -0.2) is 12.8 Å². The Bertz CT molecular complexity index is 1050. The summed E-state index contributed by atoms with van der Waals surface area (Å²) in [6, 6.07) is 11.8. The molecular formula is C22H26FN3O4S.